The van der Waals surface area contributed by atoms with E-state index in [4.69, 9.17) is 42.1 Å². The van der Waals surface area contributed by atoms with Crippen molar-refractivity contribution in [1.82, 2.24) is 0 Å². The number of nitrogens with zero attached hydrogens (tertiary/aromatic N) is 2. The molecule has 33 heavy (non-hydrogen) atoms. The van der Waals surface area contributed by atoms with E-state index < -0.39 is 17.7 Å². The Morgan fingerprint density at radius 2 is 1.52 bits per heavy atom. The van der Waals surface area contributed by atoms with E-state index in [9.17, 15) is 9.59 Å². The zero-order valence-electron chi connectivity index (χ0n) is 18.9. The Balaban J connectivity index is 2.35. The lowest BCUT2D eigenvalue weighted by molar-refractivity contribution is -0.126. The van der Waals surface area contributed by atoms with Crippen molar-refractivity contribution in [3.8, 4) is 23.0 Å². The summed E-state index contributed by atoms with van der Waals surface area (Å²) in [5, 5.41) is 11.2. The lowest BCUT2D eigenvalue weighted by atomic mass is 10.2. The average Bonchev–Trinajstić information content (AvgIpc) is 2.77. The monoisotopic (exact) mass is 497 g/mol. The molecular weight excluding hydrogens is 473 g/mol. The molecule has 2 rings (SSSR count). The van der Waals surface area contributed by atoms with Crippen molar-refractivity contribution in [2.45, 2.75) is 26.8 Å². The summed E-state index contributed by atoms with van der Waals surface area (Å²) in [5.41, 5.74) is 0.499. The second-order valence-electron chi connectivity index (χ2n) is 6.52. The fraction of sp³-hybridized carbons (Fsp3) is 0.364. The van der Waals surface area contributed by atoms with E-state index in [0.717, 1.165) is 0 Å². The fourth-order valence-corrected chi connectivity index (χ4v) is 3.18. The zero-order chi connectivity index (χ0) is 24.5. The van der Waals surface area contributed by atoms with Crippen LogP contribution < -0.4 is 24.3 Å². The minimum absolute atomic E-state index is 0.233. The van der Waals surface area contributed by atoms with Crippen LogP contribution in [0.25, 0.3) is 0 Å². The third-order valence-electron chi connectivity index (χ3n) is 4.26. The number of Topliss-reactive ketones (excluding diaryl/α,β-unsaturated/α-hetero) is 1. The largest absolute Gasteiger partial charge is 0.495 e. The molecule has 0 aliphatic rings. The number of rotatable bonds is 11. The first-order chi connectivity index (χ1) is 15.7. The number of ketones is 1. The number of carbonyl (C=O) groups is 2. The Morgan fingerprint density at radius 3 is 2.09 bits per heavy atom. The van der Waals surface area contributed by atoms with Crippen LogP contribution in [-0.2, 0) is 9.59 Å². The van der Waals surface area contributed by atoms with E-state index in [1.165, 1.54) is 39.3 Å². The molecule has 0 aromatic heterocycles. The number of amides is 1. The van der Waals surface area contributed by atoms with Gasteiger partial charge in [0.25, 0.3) is 5.91 Å². The van der Waals surface area contributed by atoms with Gasteiger partial charge in [0.2, 0.25) is 6.04 Å². The minimum atomic E-state index is -1.43. The van der Waals surface area contributed by atoms with Gasteiger partial charge < -0.3 is 24.3 Å². The smallest absolute Gasteiger partial charge is 0.258 e. The van der Waals surface area contributed by atoms with E-state index >= 15 is 0 Å². The second kappa shape index (κ2) is 12.3. The highest BCUT2D eigenvalue weighted by atomic mass is 35.5. The van der Waals surface area contributed by atoms with Crippen molar-refractivity contribution in [2.75, 3.05) is 32.8 Å². The van der Waals surface area contributed by atoms with Gasteiger partial charge in [0.15, 0.2) is 5.78 Å². The normalized spacial score (nSPS) is 11.7. The highest BCUT2D eigenvalue weighted by Crippen LogP contribution is 2.38. The molecule has 1 N–H and O–H groups in total. The van der Waals surface area contributed by atoms with Gasteiger partial charge in [-0.3, -0.25) is 9.59 Å². The molecule has 0 aliphatic heterocycles. The number of hydrogen-bond acceptors (Lipinski definition) is 8. The van der Waals surface area contributed by atoms with Gasteiger partial charge >= 0.3 is 0 Å². The summed E-state index contributed by atoms with van der Waals surface area (Å²) in [4.78, 5) is 25.1. The first-order valence-electron chi connectivity index (χ1n) is 9.98. The highest BCUT2D eigenvalue weighted by Gasteiger charge is 2.25. The van der Waals surface area contributed by atoms with Crippen LogP contribution in [0.5, 0.6) is 23.0 Å². The molecule has 1 amide bonds. The van der Waals surface area contributed by atoms with Crippen LogP contribution >= 0.6 is 23.2 Å². The van der Waals surface area contributed by atoms with Gasteiger partial charge in [0, 0.05) is 18.2 Å². The van der Waals surface area contributed by atoms with Crippen LogP contribution in [0.15, 0.2) is 34.5 Å². The van der Waals surface area contributed by atoms with Gasteiger partial charge in [0.05, 0.1) is 43.2 Å². The number of carbonyl (C=O) groups excluding carboxylic acids is 2. The van der Waals surface area contributed by atoms with Crippen LogP contribution in [0.2, 0.25) is 10.0 Å². The Kier molecular flexibility index (Phi) is 9.74. The molecule has 0 bridgehead atoms. The lowest BCUT2D eigenvalue weighted by Gasteiger charge is -2.16. The molecule has 0 saturated carbocycles. The van der Waals surface area contributed by atoms with Crippen LogP contribution in [0.3, 0.4) is 0 Å². The summed E-state index contributed by atoms with van der Waals surface area (Å²) in [6, 6.07) is 4.60. The molecule has 0 spiro atoms. The molecule has 1 atom stereocenters. The van der Waals surface area contributed by atoms with Crippen LogP contribution in [-0.4, -0.2) is 45.2 Å². The number of halogens is 2. The summed E-state index contributed by atoms with van der Waals surface area (Å²) in [7, 11) is 2.87. The van der Waals surface area contributed by atoms with Crippen LogP contribution in [0.4, 0.5) is 11.4 Å². The lowest BCUT2D eigenvalue weighted by Crippen LogP contribution is -2.32. The van der Waals surface area contributed by atoms with E-state index in [1.807, 2.05) is 6.92 Å². The van der Waals surface area contributed by atoms with E-state index in [0.29, 0.717) is 41.2 Å². The number of nitrogens with one attached hydrogen (secondary N) is 1. The maximum absolute atomic E-state index is 12.9. The Bertz CT molecular complexity index is 1050. The molecule has 2 aromatic rings. The number of benzene rings is 2. The first kappa shape index (κ1) is 26.2. The maximum Gasteiger partial charge on any atom is 0.258 e. The molecular formula is C22H25Cl2N3O6. The fourth-order valence-electron chi connectivity index (χ4n) is 2.74. The van der Waals surface area contributed by atoms with Gasteiger partial charge in [-0.05, 0) is 26.8 Å². The summed E-state index contributed by atoms with van der Waals surface area (Å²) in [6.07, 6.45) is 0. The molecule has 0 radical (unpaired) electrons. The number of ether oxygens (including phenoxy) is 4. The van der Waals surface area contributed by atoms with E-state index in [2.05, 4.69) is 15.5 Å². The summed E-state index contributed by atoms with van der Waals surface area (Å²) >= 11 is 12.3. The summed E-state index contributed by atoms with van der Waals surface area (Å²) < 4.78 is 21.5. The molecule has 0 saturated heterocycles. The predicted octanol–water partition coefficient (Wildman–Crippen LogP) is 5.49. The number of anilines is 1. The predicted molar refractivity (Wildman–Crippen MR) is 126 cm³/mol. The van der Waals surface area contributed by atoms with Crippen LogP contribution in [0.1, 0.15) is 20.8 Å². The standard InChI is InChI=1S/C22H25Cl2N3O6/c1-6-32-18-11-20(33-7-2)15(8-13(18)23)25-22(29)21(12(3)28)27-26-16-10-17(30-4)14(24)9-19(16)31-5/h8-11,21H,6-7H2,1-5H3,(H,25,29). The van der Waals surface area contributed by atoms with Gasteiger partial charge in [-0.2, -0.15) is 10.2 Å². The summed E-state index contributed by atoms with van der Waals surface area (Å²) in [5.74, 6) is 0.137. The molecule has 178 valence electrons. The van der Waals surface area contributed by atoms with Crippen molar-refractivity contribution < 1.29 is 28.5 Å². The Hall–Kier alpha value is -3.04. The maximum atomic E-state index is 12.9. The van der Waals surface area contributed by atoms with Gasteiger partial charge in [0.1, 0.15) is 28.7 Å². The van der Waals surface area contributed by atoms with Crippen molar-refractivity contribution >= 4 is 46.3 Å². The highest BCUT2D eigenvalue weighted by molar-refractivity contribution is 6.32. The molecule has 2 aromatic carbocycles. The molecule has 0 fully saturated rings. The molecule has 9 nitrogen and oxygen atoms in total. The quantitative estimate of drug-likeness (QED) is 0.324. The van der Waals surface area contributed by atoms with Crippen molar-refractivity contribution in [3.63, 3.8) is 0 Å². The zero-order valence-corrected chi connectivity index (χ0v) is 20.4. The van der Waals surface area contributed by atoms with Crippen LogP contribution in [0, 0.1) is 0 Å². The van der Waals surface area contributed by atoms with Crippen molar-refractivity contribution in [1.29, 1.82) is 0 Å². The van der Waals surface area contributed by atoms with Crippen molar-refractivity contribution in [3.05, 3.63) is 34.3 Å². The molecule has 11 heteroatoms. The molecule has 1 unspecified atom stereocenters. The van der Waals surface area contributed by atoms with Gasteiger partial charge in [-0.1, -0.05) is 23.2 Å². The third-order valence-corrected chi connectivity index (χ3v) is 4.85. The Morgan fingerprint density at radius 1 is 0.909 bits per heavy atom. The number of hydrogen-bond donors (Lipinski definition) is 1. The van der Waals surface area contributed by atoms with E-state index in [1.54, 1.807) is 13.0 Å². The topological polar surface area (TPSA) is 108 Å². The van der Waals surface area contributed by atoms with Crippen molar-refractivity contribution in [2.24, 2.45) is 10.2 Å². The number of methoxy groups -OCH3 is 2. The van der Waals surface area contributed by atoms with E-state index in [-0.39, 0.29) is 16.4 Å². The second-order valence-corrected chi connectivity index (χ2v) is 7.34. The van der Waals surface area contributed by atoms with Gasteiger partial charge in [-0.15, -0.1) is 0 Å². The third kappa shape index (κ3) is 6.72. The first-order valence-corrected chi connectivity index (χ1v) is 10.7. The molecule has 0 heterocycles. The van der Waals surface area contributed by atoms with Gasteiger partial charge in [-0.25, -0.2) is 0 Å². The average molecular weight is 498 g/mol. The number of azo groups is 1. The SMILES string of the molecule is CCOc1cc(OCC)c(NC(=O)C(N=Nc2cc(OC)c(Cl)cc2OC)C(C)=O)cc1Cl. The molecule has 0 aliphatic carbocycles. The Labute approximate surface area is 202 Å². The minimum Gasteiger partial charge on any atom is -0.495 e. The summed E-state index contributed by atoms with van der Waals surface area (Å²) in [6.45, 7) is 5.59.